The van der Waals surface area contributed by atoms with E-state index in [1.807, 2.05) is 43.3 Å². The first kappa shape index (κ1) is 21.8. The fourth-order valence-electron chi connectivity index (χ4n) is 3.21. The number of rotatable bonds is 8. The van der Waals surface area contributed by atoms with Crippen LogP contribution in [0.1, 0.15) is 17.3 Å². The lowest BCUT2D eigenvalue weighted by Gasteiger charge is -2.12. The van der Waals surface area contributed by atoms with Crippen molar-refractivity contribution in [1.29, 1.82) is 0 Å². The number of nitrogens with zero attached hydrogens (tertiary/aromatic N) is 2. The fourth-order valence-corrected chi connectivity index (χ4v) is 3.21. The van der Waals surface area contributed by atoms with Crippen LogP contribution >= 0.6 is 0 Å². The van der Waals surface area contributed by atoms with E-state index in [1.54, 1.807) is 55.6 Å². The average molecular weight is 441 g/mol. The van der Waals surface area contributed by atoms with Crippen LogP contribution in [0.5, 0.6) is 23.1 Å². The number of carbonyl (C=O) groups is 1. The summed E-state index contributed by atoms with van der Waals surface area (Å²) in [4.78, 5) is 12.8. The summed E-state index contributed by atoms with van der Waals surface area (Å²) in [5, 5.41) is 11.3. The van der Waals surface area contributed by atoms with E-state index in [0.717, 1.165) is 5.56 Å². The molecule has 7 heteroatoms. The molecule has 33 heavy (non-hydrogen) atoms. The quantitative estimate of drug-likeness (QED) is 0.383. The summed E-state index contributed by atoms with van der Waals surface area (Å²) >= 11 is 0. The van der Waals surface area contributed by atoms with Crippen molar-refractivity contribution in [3.05, 3.63) is 90.5 Å². The molecule has 166 valence electrons. The highest BCUT2D eigenvalue weighted by molar-refractivity contribution is 6.05. The van der Waals surface area contributed by atoms with Crippen LogP contribution in [-0.4, -0.2) is 29.8 Å². The third kappa shape index (κ3) is 5.27. The number of para-hydroxylation sites is 4. The Balaban J connectivity index is 1.50. The third-order valence-corrected chi connectivity index (χ3v) is 4.78. The minimum Gasteiger partial charge on any atom is -0.493 e. The molecular formula is C26H23N3O4. The Morgan fingerprint density at radius 1 is 0.848 bits per heavy atom. The normalized spacial score (nSPS) is 10.4. The van der Waals surface area contributed by atoms with Crippen molar-refractivity contribution in [2.45, 2.75) is 6.92 Å². The molecule has 1 N–H and O–H groups in total. The van der Waals surface area contributed by atoms with Crippen LogP contribution in [0.4, 0.5) is 5.69 Å². The number of benzene rings is 3. The van der Waals surface area contributed by atoms with Crippen molar-refractivity contribution in [1.82, 2.24) is 10.2 Å². The standard InChI is InChI=1S/C26H23N3O4/c1-3-32-22-12-5-4-11-21(22)27-26(30)19-10-8-9-18(17-19)20-15-16-25(29-28-20)33-24-14-7-6-13-23(24)31-2/h4-17H,3H2,1-2H3,(H,27,30). The van der Waals surface area contributed by atoms with Crippen molar-refractivity contribution in [3.63, 3.8) is 0 Å². The monoisotopic (exact) mass is 441 g/mol. The first-order valence-electron chi connectivity index (χ1n) is 10.5. The van der Waals surface area contributed by atoms with E-state index in [2.05, 4.69) is 15.5 Å². The number of hydrogen-bond acceptors (Lipinski definition) is 6. The Bertz CT molecular complexity index is 1240. The van der Waals surface area contributed by atoms with Crippen LogP contribution < -0.4 is 19.5 Å². The summed E-state index contributed by atoms with van der Waals surface area (Å²) in [6.45, 7) is 2.41. The van der Waals surface area contributed by atoms with Crippen LogP contribution in [-0.2, 0) is 0 Å². The van der Waals surface area contributed by atoms with Crippen LogP contribution in [0.25, 0.3) is 11.3 Å². The molecule has 0 saturated heterocycles. The van der Waals surface area contributed by atoms with Gasteiger partial charge >= 0.3 is 0 Å². The number of hydrogen-bond donors (Lipinski definition) is 1. The van der Waals surface area contributed by atoms with Crippen molar-refractivity contribution in [3.8, 4) is 34.4 Å². The van der Waals surface area contributed by atoms with Gasteiger partial charge in [0.25, 0.3) is 5.91 Å². The zero-order chi connectivity index (χ0) is 23.0. The lowest BCUT2D eigenvalue weighted by atomic mass is 10.1. The minimum atomic E-state index is -0.243. The lowest BCUT2D eigenvalue weighted by Crippen LogP contribution is -2.13. The molecule has 0 bridgehead atoms. The molecule has 7 nitrogen and oxygen atoms in total. The molecule has 0 spiro atoms. The van der Waals surface area contributed by atoms with Gasteiger partial charge in [0.15, 0.2) is 11.5 Å². The maximum absolute atomic E-state index is 12.8. The number of methoxy groups -OCH3 is 1. The Kier molecular flexibility index (Phi) is 6.80. The molecule has 0 aliphatic carbocycles. The zero-order valence-electron chi connectivity index (χ0n) is 18.3. The molecule has 0 atom stereocenters. The molecule has 0 fully saturated rings. The summed E-state index contributed by atoms with van der Waals surface area (Å²) in [7, 11) is 1.58. The van der Waals surface area contributed by atoms with Gasteiger partial charge in [0.05, 0.1) is 25.1 Å². The molecule has 4 rings (SSSR count). The summed E-state index contributed by atoms with van der Waals surface area (Å²) < 4.78 is 16.6. The minimum absolute atomic E-state index is 0.243. The van der Waals surface area contributed by atoms with Gasteiger partial charge in [-0.1, -0.05) is 36.4 Å². The summed E-state index contributed by atoms with van der Waals surface area (Å²) in [5.74, 6) is 1.87. The Morgan fingerprint density at radius 3 is 2.33 bits per heavy atom. The number of amides is 1. The molecule has 4 aromatic rings. The van der Waals surface area contributed by atoms with Gasteiger partial charge < -0.3 is 19.5 Å². The molecular weight excluding hydrogens is 418 g/mol. The third-order valence-electron chi connectivity index (χ3n) is 4.78. The van der Waals surface area contributed by atoms with Gasteiger partial charge in [0.2, 0.25) is 5.88 Å². The van der Waals surface area contributed by atoms with Gasteiger partial charge in [-0.25, -0.2) is 0 Å². The number of ether oxygens (including phenoxy) is 3. The molecule has 0 aliphatic rings. The zero-order valence-corrected chi connectivity index (χ0v) is 18.3. The fraction of sp³-hybridized carbons (Fsp3) is 0.115. The first-order valence-corrected chi connectivity index (χ1v) is 10.5. The highest BCUT2D eigenvalue weighted by Gasteiger charge is 2.12. The van der Waals surface area contributed by atoms with Gasteiger partial charge in [-0.15, -0.1) is 10.2 Å². The van der Waals surface area contributed by atoms with Crippen molar-refractivity contribution in [2.24, 2.45) is 0 Å². The average Bonchev–Trinajstić information content (AvgIpc) is 2.86. The van der Waals surface area contributed by atoms with Crippen molar-refractivity contribution < 1.29 is 19.0 Å². The topological polar surface area (TPSA) is 82.6 Å². The van der Waals surface area contributed by atoms with Gasteiger partial charge in [-0.05, 0) is 49.4 Å². The Hall–Kier alpha value is -4.39. The molecule has 1 amide bonds. The lowest BCUT2D eigenvalue weighted by molar-refractivity contribution is 0.102. The second-order valence-electron chi connectivity index (χ2n) is 6.97. The van der Waals surface area contributed by atoms with Gasteiger partial charge in [0, 0.05) is 17.2 Å². The predicted octanol–water partition coefficient (Wildman–Crippen LogP) is 5.60. The molecule has 0 aliphatic heterocycles. The number of nitrogens with one attached hydrogen (secondary N) is 1. The van der Waals surface area contributed by atoms with Crippen molar-refractivity contribution >= 4 is 11.6 Å². The van der Waals surface area contributed by atoms with Gasteiger partial charge in [-0.2, -0.15) is 0 Å². The number of carbonyl (C=O) groups excluding carboxylic acids is 1. The Morgan fingerprint density at radius 2 is 1.61 bits per heavy atom. The van der Waals surface area contributed by atoms with Crippen molar-refractivity contribution in [2.75, 3.05) is 19.0 Å². The highest BCUT2D eigenvalue weighted by Crippen LogP contribution is 2.30. The Labute approximate surface area is 192 Å². The van der Waals surface area contributed by atoms with Gasteiger partial charge in [0.1, 0.15) is 5.75 Å². The molecule has 0 saturated carbocycles. The molecule has 1 aromatic heterocycles. The van der Waals surface area contributed by atoms with E-state index in [9.17, 15) is 4.79 Å². The van der Waals surface area contributed by atoms with E-state index >= 15 is 0 Å². The number of anilines is 1. The predicted molar refractivity (Wildman–Crippen MR) is 126 cm³/mol. The van der Waals surface area contributed by atoms with E-state index in [4.69, 9.17) is 14.2 Å². The van der Waals surface area contributed by atoms with E-state index < -0.39 is 0 Å². The van der Waals surface area contributed by atoms with Crippen LogP contribution in [0, 0.1) is 0 Å². The largest absolute Gasteiger partial charge is 0.493 e. The SMILES string of the molecule is CCOc1ccccc1NC(=O)c1cccc(-c2ccc(Oc3ccccc3OC)nn2)c1. The van der Waals surface area contributed by atoms with Gasteiger partial charge in [-0.3, -0.25) is 4.79 Å². The maximum atomic E-state index is 12.8. The summed E-state index contributed by atoms with van der Waals surface area (Å²) in [6.07, 6.45) is 0. The second kappa shape index (κ2) is 10.3. The van der Waals surface area contributed by atoms with E-state index in [1.165, 1.54) is 0 Å². The molecule has 3 aromatic carbocycles. The first-order chi connectivity index (χ1) is 16.2. The number of aromatic nitrogens is 2. The summed E-state index contributed by atoms with van der Waals surface area (Å²) in [5.41, 5.74) is 2.49. The maximum Gasteiger partial charge on any atom is 0.255 e. The second-order valence-corrected chi connectivity index (χ2v) is 6.97. The smallest absolute Gasteiger partial charge is 0.255 e. The highest BCUT2D eigenvalue weighted by atomic mass is 16.5. The van der Waals surface area contributed by atoms with Crippen LogP contribution in [0.2, 0.25) is 0 Å². The molecule has 0 unspecified atom stereocenters. The van der Waals surface area contributed by atoms with Crippen LogP contribution in [0.15, 0.2) is 84.9 Å². The van der Waals surface area contributed by atoms with E-state index in [0.29, 0.717) is 46.7 Å². The van der Waals surface area contributed by atoms with E-state index in [-0.39, 0.29) is 5.91 Å². The summed E-state index contributed by atoms with van der Waals surface area (Å²) in [6, 6.07) is 25.3. The van der Waals surface area contributed by atoms with Crippen LogP contribution in [0.3, 0.4) is 0 Å². The molecule has 0 radical (unpaired) electrons. The molecule has 1 heterocycles.